The molecule has 4 rings (SSSR count). The molecule has 0 aliphatic carbocycles. The van der Waals surface area contributed by atoms with Gasteiger partial charge in [-0.25, -0.2) is 0 Å². The summed E-state index contributed by atoms with van der Waals surface area (Å²) >= 11 is 0. The van der Waals surface area contributed by atoms with Crippen molar-refractivity contribution in [1.29, 1.82) is 0 Å². The zero-order chi connectivity index (χ0) is 18.3. The maximum atomic E-state index is 12.6. The summed E-state index contributed by atoms with van der Waals surface area (Å²) in [7, 11) is 0. The van der Waals surface area contributed by atoms with E-state index in [4.69, 9.17) is 18.9 Å². The number of Topliss-reactive ketones (excluding diaryl/α,β-unsaturated/α-hetero) is 2. The molecule has 0 spiro atoms. The van der Waals surface area contributed by atoms with Crippen molar-refractivity contribution in [3.63, 3.8) is 0 Å². The molecule has 0 aromatic heterocycles. The third kappa shape index (κ3) is 2.79. The number of carbonyl (C=O) groups is 2. The summed E-state index contributed by atoms with van der Waals surface area (Å²) in [6.45, 7) is 3.42. The third-order valence-corrected chi connectivity index (χ3v) is 4.16. The molecule has 0 unspecified atom stereocenters. The number of carbonyl (C=O) groups excluding carboxylic acids is 2. The second-order valence-corrected chi connectivity index (χ2v) is 6.11. The van der Waals surface area contributed by atoms with Crippen LogP contribution in [0.2, 0.25) is 0 Å². The second kappa shape index (κ2) is 6.22. The molecule has 0 radical (unpaired) electrons. The molecule has 2 aliphatic rings. The van der Waals surface area contributed by atoms with Gasteiger partial charge < -0.3 is 18.9 Å². The molecule has 0 fully saturated rings. The normalized spacial score (nSPS) is 15.8. The van der Waals surface area contributed by atoms with Crippen molar-refractivity contribution in [2.24, 2.45) is 0 Å². The van der Waals surface area contributed by atoms with Crippen LogP contribution < -0.4 is 18.9 Å². The first-order valence-corrected chi connectivity index (χ1v) is 8.12. The van der Waals surface area contributed by atoms with Crippen LogP contribution in [0, 0.1) is 6.92 Å². The fourth-order valence-corrected chi connectivity index (χ4v) is 2.86. The second-order valence-electron chi connectivity index (χ2n) is 6.11. The molecule has 0 saturated carbocycles. The van der Waals surface area contributed by atoms with Crippen molar-refractivity contribution in [1.82, 2.24) is 0 Å². The highest BCUT2D eigenvalue weighted by atomic mass is 16.7. The molecule has 132 valence electrons. The number of ether oxygens (including phenoxy) is 4. The first-order chi connectivity index (χ1) is 12.5. The van der Waals surface area contributed by atoms with Gasteiger partial charge in [-0.3, -0.25) is 9.59 Å². The highest BCUT2D eigenvalue weighted by Gasteiger charge is 2.30. The first-order valence-electron chi connectivity index (χ1n) is 8.12. The largest absolute Gasteiger partial charge is 0.485 e. The minimum Gasteiger partial charge on any atom is -0.485 e. The zero-order valence-electron chi connectivity index (χ0n) is 14.3. The van der Waals surface area contributed by atoms with Gasteiger partial charge in [-0.15, -0.1) is 0 Å². The van der Waals surface area contributed by atoms with Crippen LogP contribution in [0.15, 0.2) is 36.1 Å². The van der Waals surface area contributed by atoms with E-state index in [-0.39, 0.29) is 30.7 Å². The Hall–Kier alpha value is -3.28. The van der Waals surface area contributed by atoms with E-state index in [1.54, 1.807) is 37.3 Å². The van der Waals surface area contributed by atoms with Crippen LogP contribution in [0.4, 0.5) is 0 Å². The molecule has 0 N–H and O–H groups in total. The Morgan fingerprint density at radius 3 is 2.81 bits per heavy atom. The number of allylic oxidation sites excluding steroid dienone is 1. The van der Waals surface area contributed by atoms with Gasteiger partial charge in [0.2, 0.25) is 12.6 Å². The molecular formula is C20H16O6. The Balaban J connectivity index is 1.63. The van der Waals surface area contributed by atoms with Gasteiger partial charge in [0, 0.05) is 5.56 Å². The van der Waals surface area contributed by atoms with Crippen molar-refractivity contribution in [3.05, 3.63) is 52.8 Å². The molecule has 0 bridgehead atoms. The average Bonchev–Trinajstić information content (AvgIpc) is 3.20. The lowest BCUT2D eigenvalue weighted by molar-refractivity contribution is -0.118. The maximum Gasteiger partial charge on any atom is 0.231 e. The van der Waals surface area contributed by atoms with Crippen LogP contribution in [0.25, 0.3) is 6.08 Å². The summed E-state index contributed by atoms with van der Waals surface area (Å²) in [5.41, 5.74) is 1.94. The van der Waals surface area contributed by atoms with E-state index in [0.717, 1.165) is 5.56 Å². The molecule has 2 heterocycles. The number of ketones is 2. The predicted molar refractivity (Wildman–Crippen MR) is 92.9 cm³/mol. The highest BCUT2D eigenvalue weighted by molar-refractivity contribution is 6.15. The van der Waals surface area contributed by atoms with Crippen molar-refractivity contribution in [2.75, 3.05) is 13.4 Å². The molecule has 0 amide bonds. The van der Waals surface area contributed by atoms with Gasteiger partial charge in [-0.05, 0) is 49.8 Å². The van der Waals surface area contributed by atoms with Crippen LogP contribution in [-0.4, -0.2) is 25.0 Å². The molecule has 6 heteroatoms. The first kappa shape index (κ1) is 16.2. The Kier molecular flexibility index (Phi) is 3.88. The van der Waals surface area contributed by atoms with E-state index >= 15 is 0 Å². The monoisotopic (exact) mass is 352 g/mol. The van der Waals surface area contributed by atoms with Gasteiger partial charge in [-0.1, -0.05) is 6.07 Å². The number of hydrogen-bond acceptors (Lipinski definition) is 6. The molecule has 0 saturated heterocycles. The van der Waals surface area contributed by atoms with Crippen LogP contribution in [-0.2, 0) is 4.79 Å². The van der Waals surface area contributed by atoms with Crippen LogP contribution in [0.3, 0.4) is 0 Å². The van der Waals surface area contributed by atoms with Crippen molar-refractivity contribution in [3.8, 4) is 23.0 Å². The van der Waals surface area contributed by atoms with E-state index in [0.29, 0.717) is 34.1 Å². The quantitative estimate of drug-likeness (QED) is 0.786. The van der Waals surface area contributed by atoms with Gasteiger partial charge in [0.05, 0.1) is 5.56 Å². The van der Waals surface area contributed by atoms with Crippen molar-refractivity contribution >= 4 is 17.6 Å². The zero-order valence-corrected chi connectivity index (χ0v) is 14.3. The molecule has 0 atom stereocenters. The standard InChI is InChI=1S/C20H16O6/c1-11(21)9-23-15-6-4-14-19(22)18(26-20(14)12(15)2)8-13-3-5-16-17(7-13)25-10-24-16/h3-8H,9-10H2,1-2H3. The third-order valence-electron chi connectivity index (χ3n) is 4.16. The van der Waals surface area contributed by atoms with Gasteiger partial charge in [0.1, 0.15) is 18.1 Å². The van der Waals surface area contributed by atoms with Crippen LogP contribution in [0.1, 0.15) is 28.4 Å². The Morgan fingerprint density at radius 2 is 2.00 bits per heavy atom. The summed E-state index contributed by atoms with van der Waals surface area (Å²) in [6.07, 6.45) is 1.67. The van der Waals surface area contributed by atoms with E-state index < -0.39 is 0 Å². The molecule has 26 heavy (non-hydrogen) atoms. The lowest BCUT2D eigenvalue weighted by Gasteiger charge is -2.10. The minimum absolute atomic E-state index is 0.0204. The van der Waals surface area contributed by atoms with E-state index in [9.17, 15) is 9.59 Å². The highest BCUT2D eigenvalue weighted by Crippen LogP contribution is 2.40. The topological polar surface area (TPSA) is 71.1 Å². The van der Waals surface area contributed by atoms with Gasteiger partial charge in [0.25, 0.3) is 0 Å². The van der Waals surface area contributed by atoms with Crippen molar-refractivity contribution < 1.29 is 28.5 Å². The minimum atomic E-state index is -0.195. The van der Waals surface area contributed by atoms with Gasteiger partial charge >= 0.3 is 0 Å². The molecule has 6 nitrogen and oxygen atoms in total. The summed E-state index contributed by atoms with van der Waals surface area (Å²) < 4.78 is 21.9. The molecule has 2 aromatic rings. The number of rotatable bonds is 4. The lowest BCUT2D eigenvalue weighted by atomic mass is 10.1. The number of fused-ring (bicyclic) bond motifs is 2. The molecule has 2 aliphatic heterocycles. The fourth-order valence-electron chi connectivity index (χ4n) is 2.86. The molecular weight excluding hydrogens is 336 g/mol. The van der Waals surface area contributed by atoms with Gasteiger partial charge in [0.15, 0.2) is 23.0 Å². The van der Waals surface area contributed by atoms with Gasteiger partial charge in [-0.2, -0.15) is 0 Å². The maximum absolute atomic E-state index is 12.6. The molecule has 2 aromatic carbocycles. The van der Waals surface area contributed by atoms with E-state index in [2.05, 4.69) is 0 Å². The van der Waals surface area contributed by atoms with Crippen molar-refractivity contribution in [2.45, 2.75) is 13.8 Å². The summed E-state index contributed by atoms with van der Waals surface area (Å²) in [4.78, 5) is 23.7. The Bertz CT molecular complexity index is 957. The fraction of sp³-hybridized carbons (Fsp3) is 0.200. The Labute approximate surface area is 149 Å². The van der Waals surface area contributed by atoms with E-state index in [1.807, 2.05) is 6.07 Å². The predicted octanol–water partition coefficient (Wildman–Crippen LogP) is 3.31. The summed E-state index contributed by atoms with van der Waals surface area (Å²) in [5.74, 6) is 2.25. The lowest BCUT2D eigenvalue weighted by Crippen LogP contribution is -2.07. The number of benzene rings is 2. The van der Waals surface area contributed by atoms with E-state index in [1.165, 1.54) is 6.92 Å². The summed E-state index contributed by atoms with van der Waals surface area (Å²) in [5, 5.41) is 0. The smallest absolute Gasteiger partial charge is 0.231 e. The SMILES string of the molecule is CC(=O)COc1ccc2c(c1C)OC(=Cc1ccc3c(c1)OCO3)C2=O. The summed E-state index contributed by atoms with van der Waals surface area (Å²) in [6, 6.07) is 8.75. The number of hydrogen-bond donors (Lipinski definition) is 0. The Morgan fingerprint density at radius 1 is 1.19 bits per heavy atom. The van der Waals surface area contributed by atoms with Crippen LogP contribution >= 0.6 is 0 Å². The average molecular weight is 352 g/mol. The van der Waals surface area contributed by atoms with Crippen LogP contribution in [0.5, 0.6) is 23.0 Å².